The highest BCUT2D eigenvalue weighted by Gasteiger charge is 2.13. The molecule has 0 aliphatic carbocycles. The van der Waals surface area contributed by atoms with Gasteiger partial charge >= 0.3 is 5.97 Å². The standard InChI is InChI=1S/C21H21F2NO5/c1-13(2)29-17-9-7-14(11-18(17)27-3)8-10-20(26)28-12-19(25)24-21-15(22)5-4-6-16(21)23/h4-11,13H,12H2,1-3H3,(H,24,25)/b10-8+. The number of carbonyl (C=O) groups excluding carboxylic acids is 2. The number of methoxy groups -OCH3 is 1. The van der Waals surface area contributed by atoms with E-state index in [1.165, 1.54) is 19.3 Å². The van der Waals surface area contributed by atoms with Crippen molar-refractivity contribution in [2.75, 3.05) is 19.0 Å². The fraction of sp³-hybridized carbons (Fsp3) is 0.238. The number of benzene rings is 2. The van der Waals surface area contributed by atoms with Crippen molar-refractivity contribution in [3.63, 3.8) is 0 Å². The third-order valence-electron chi connectivity index (χ3n) is 3.53. The average Bonchev–Trinajstić information content (AvgIpc) is 2.68. The van der Waals surface area contributed by atoms with Crippen LogP contribution in [-0.4, -0.2) is 31.7 Å². The molecule has 0 atom stereocenters. The van der Waals surface area contributed by atoms with E-state index in [9.17, 15) is 18.4 Å². The summed E-state index contributed by atoms with van der Waals surface area (Å²) < 4.78 is 42.6. The lowest BCUT2D eigenvalue weighted by atomic mass is 10.2. The van der Waals surface area contributed by atoms with E-state index < -0.39 is 35.8 Å². The SMILES string of the molecule is COc1cc(/C=C/C(=O)OCC(=O)Nc2c(F)cccc2F)ccc1OC(C)C. The molecule has 0 aliphatic rings. The van der Waals surface area contributed by atoms with Crippen LogP contribution >= 0.6 is 0 Å². The minimum atomic E-state index is -0.927. The van der Waals surface area contributed by atoms with E-state index in [1.54, 1.807) is 18.2 Å². The number of halogens is 2. The molecule has 6 nitrogen and oxygen atoms in total. The van der Waals surface area contributed by atoms with Gasteiger partial charge in [0.25, 0.3) is 5.91 Å². The van der Waals surface area contributed by atoms with Crippen LogP contribution in [0.2, 0.25) is 0 Å². The summed E-state index contributed by atoms with van der Waals surface area (Å²) in [5.74, 6) is -2.45. The zero-order valence-corrected chi connectivity index (χ0v) is 16.2. The molecule has 0 saturated carbocycles. The van der Waals surface area contributed by atoms with Crippen molar-refractivity contribution in [2.45, 2.75) is 20.0 Å². The molecule has 0 aliphatic heterocycles. The number of hydrogen-bond acceptors (Lipinski definition) is 5. The Morgan fingerprint density at radius 3 is 2.41 bits per heavy atom. The fourth-order valence-corrected chi connectivity index (χ4v) is 2.28. The first-order valence-corrected chi connectivity index (χ1v) is 8.73. The molecular weight excluding hydrogens is 384 g/mol. The van der Waals surface area contributed by atoms with Crippen molar-refractivity contribution in [3.05, 3.63) is 59.7 Å². The largest absolute Gasteiger partial charge is 0.493 e. The Bertz CT molecular complexity index is 892. The Hall–Kier alpha value is -3.42. The molecule has 1 N–H and O–H groups in total. The smallest absolute Gasteiger partial charge is 0.331 e. The third-order valence-corrected chi connectivity index (χ3v) is 3.53. The minimum absolute atomic E-state index is 0.0238. The first-order chi connectivity index (χ1) is 13.8. The van der Waals surface area contributed by atoms with Gasteiger partial charge in [0.15, 0.2) is 18.1 Å². The van der Waals surface area contributed by atoms with Gasteiger partial charge in [0.1, 0.15) is 17.3 Å². The molecule has 0 bridgehead atoms. The Labute approximate surface area is 167 Å². The Kier molecular flexibility index (Phi) is 7.70. The van der Waals surface area contributed by atoms with Crippen LogP contribution in [0.25, 0.3) is 6.08 Å². The van der Waals surface area contributed by atoms with Gasteiger partial charge in [-0.05, 0) is 49.8 Å². The second-order valence-electron chi connectivity index (χ2n) is 6.16. The molecular formula is C21H21F2NO5. The second kappa shape index (κ2) is 10.2. The van der Waals surface area contributed by atoms with E-state index in [2.05, 4.69) is 0 Å². The van der Waals surface area contributed by atoms with Gasteiger partial charge in [0, 0.05) is 6.08 Å². The summed E-state index contributed by atoms with van der Waals surface area (Å²) in [6.07, 6.45) is 2.57. The number of rotatable bonds is 8. The topological polar surface area (TPSA) is 73.9 Å². The summed E-state index contributed by atoms with van der Waals surface area (Å²) in [7, 11) is 1.50. The van der Waals surface area contributed by atoms with E-state index in [1.807, 2.05) is 19.2 Å². The molecule has 0 saturated heterocycles. The Morgan fingerprint density at radius 1 is 1.10 bits per heavy atom. The third kappa shape index (κ3) is 6.60. The number of nitrogens with one attached hydrogen (secondary N) is 1. The molecule has 0 spiro atoms. The lowest BCUT2D eigenvalue weighted by Crippen LogP contribution is -2.21. The van der Waals surface area contributed by atoms with E-state index in [0.717, 1.165) is 18.2 Å². The maximum atomic E-state index is 13.5. The van der Waals surface area contributed by atoms with Gasteiger partial charge in [-0.25, -0.2) is 13.6 Å². The van der Waals surface area contributed by atoms with Crippen LogP contribution in [-0.2, 0) is 14.3 Å². The molecule has 2 aromatic carbocycles. The van der Waals surface area contributed by atoms with E-state index in [0.29, 0.717) is 17.1 Å². The van der Waals surface area contributed by atoms with Gasteiger partial charge in [-0.2, -0.15) is 0 Å². The highest BCUT2D eigenvalue weighted by molar-refractivity contribution is 5.94. The Morgan fingerprint density at radius 2 is 1.79 bits per heavy atom. The van der Waals surface area contributed by atoms with Crippen LogP contribution < -0.4 is 14.8 Å². The molecule has 2 aromatic rings. The quantitative estimate of drug-likeness (QED) is 0.532. The van der Waals surface area contributed by atoms with Crippen molar-refractivity contribution in [1.82, 2.24) is 0 Å². The van der Waals surface area contributed by atoms with Gasteiger partial charge in [0.05, 0.1) is 13.2 Å². The van der Waals surface area contributed by atoms with Crippen LogP contribution in [0.3, 0.4) is 0 Å². The molecule has 0 heterocycles. The van der Waals surface area contributed by atoms with Crippen LogP contribution in [0.4, 0.5) is 14.5 Å². The molecule has 8 heteroatoms. The van der Waals surface area contributed by atoms with Crippen molar-refractivity contribution >= 4 is 23.6 Å². The number of ether oxygens (including phenoxy) is 3. The first-order valence-electron chi connectivity index (χ1n) is 8.73. The van der Waals surface area contributed by atoms with Gasteiger partial charge in [-0.1, -0.05) is 12.1 Å². The molecule has 29 heavy (non-hydrogen) atoms. The molecule has 0 radical (unpaired) electrons. The maximum Gasteiger partial charge on any atom is 0.331 e. The van der Waals surface area contributed by atoms with E-state index >= 15 is 0 Å². The highest BCUT2D eigenvalue weighted by Crippen LogP contribution is 2.29. The number of carbonyl (C=O) groups is 2. The number of esters is 1. The normalized spacial score (nSPS) is 10.8. The number of amides is 1. The summed E-state index contributed by atoms with van der Waals surface area (Å²) in [6.45, 7) is 3.08. The lowest BCUT2D eigenvalue weighted by molar-refractivity contribution is -0.142. The van der Waals surface area contributed by atoms with Crippen LogP contribution in [0.15, 0.2) is 42.5 Å². The highest BCUT2D eigenvalue weighted by atomic mass is 19.1. The second-order valence-corrected chi connectivity index (χ2v) is 6.16. The molecule has 1 amide bonds. The zero-order valence-electron chi connectivity index (χ0n) is 16.2. The molecule has 0 fully saturated rings. The van der Waals surface area contributed by atoms with Gasteiger partial charge in [-0.3, -0.25) is 4.79 Å². The molecule has 154 valence electrons. The predicted octanol–water partition coefficient (Wildman–Crippen LogP) is 3.96. The first kappa shape index (κ1) is 21.9. The maximum absolute atomic E-state index is 13.5. The average molecular weight is 405 g/mol. The van der Waals surface area contributed by atoms with E-state index in [4.69, 9.17) is 14.2 Å². The van der Waals surface area contributed by atoms with Gasteiger partial charge < -0.3 is 19.5 Å². The van der Waals surface area contributed by atoms with Gasteiger partial charge in [0.2, 0.25) is 0 Å². The summed E-state index contributed by atoms with van der Waals surface area (Å²) in [6, 6.07) is 8.27. The molecule has 0 unspecified atom stereocenters. The van der Waals surface area contributed by atoms with Crippen molar-refractivity contribution < 1.29 is 32.6 Å². The number of anilines is 1. The zero-order chi connectivity index (χ0) is 21.4. The van der Waals surface area contributed by atoms with Crippen LogP contribution in [0.5, 0.6) is 11.5 Å². The van der Waals surface area contributed by atoms with Crippen LogP contribution in [0.1, 0.15) is 19.4 Å². The number of para-hydroxylation sites is 1. The van der Waals surface area contributed by atoms with Crippen molar-refractivity contribution in [1.29, 1.82) is 0 Å². The monoisotopic (exact) mass is 405 g/mol. The lowest BCUT2D eigenvalue weighted by Gasteiger charge is -2.13. The van der Waals surface area contributed by atoms with Crippen molar-refractivity contribution in [2.24, 2.45) is 0 Å². The Balaban J connectivity index is 1.91. The molecule has 2 rings (SSSR count). The summed E-state index contributed by atoms with van der Waals surface area (Å²) in [5, 5.41) is 2.02. The van der Waals surface area contributed by atoms with Gasteiger partial charge in [-0.15, -0.1) is 0 Å². The van der Waals surface area contributed by atoms with Crippen molar-refractivity contribution in [3.8, 4) is 11.5 Å². The summed E-state index contributed by atoms with van der Waals surface area (Å²) in [4.78, 5) is 23.5. The summed E-state index contributed by atoms with van der Waals surface area (Å²) in [5.41, 5.74) is 0.0488. The summed E-state index contributed by atoms with van der Waals surface area (Å²) >= 11 is 0. The number of hydrogen-bond donors (Lipinski definition) is 1. The minimum Gasteiger partial charge on any atom is -0.493 e. The fourth-order valence-electron chi connectivity index (χ4n) is 2.28. The molecule has 0 aromatic heterocycles. The van der Waals surface area contributed by atoms with Crippen LogP contribution in [0, 0.1) is 11.6 Å². The predicted molar refractivity (Wildman–Crippen MR) is 104 cm³/mol. The van der Waals surface area contributed by atoms with E-state index in [-0.39, 0.29) is 6.10 Å².